The third-order valence-electron chi connectivity index (χ3n) is 4.89. The number of pyridine rings is 1. The number of aromatic nitrogens is 1. The van der Waals surface area contributed by atoms with Gasteiger partial charge in [-0.15, -0.1) is 0 Å². The first-order valence-corrected chi connectivity index (χ1v) is 11.5. The standard InChI is InChI=1S/C19H21BrN4O3S/c20-15-4-7-18(21-13-15)23-8-10-24(11-9-23)19(25)14-2-1-3-17(12-14)28(26,27)22-16-5-6-16/h1-4,7,12-13,16,22H,5-6,8-11H2. The minimum absolute atomic E-state index is 0.0321. The van der Waals surface area contributed by atoms with Crippen molar-refractivity contribution in [3.05, 3.63) is 52.6 Å². The quantitative estimate of drug-likeness (QED) is 0.733. The van der Waals surface area contributed by atoms with Gasteiger partial charge in [0.15, 0.2) is 0 Å². The summed E-state index contributed by atoms with van der Waals surface area (Å²) in [6, 6.07) is 10.2. The van der Waals surface area contributed by atoms with E-state index in [1.165, 1.54) is 12.1 Å². The third kappa shape index (κ3) is 4.37. The minimum Gasteiger partial charge on any atom is -0.353 e. The summed E-state index contributed by atoms with van der Waals surface area (Å²) in [5, 5.41) is 0. The molecule has 9 heteroatoms. The first kappa shape index (κ1) is 19.4. The summed E-state index contributed by atoms with van der Waals surface area (Å²) in [5.74, 6) is 0.737. The highest BCUT2D eigenvalue weighted by atomic mass is 79.9. The fourth-order valence-electron chi connectivity index (χ4n) is 3.16. The zero-order valence-corrected chi connectivity index (χ0v) is 17.6. The molecule has 0 radical (unpaired) electrons. The van der Waals surface area contributed by atoms with Gasteiger partial charge in [-0.1, -0.05) is 6.07 Å². The van der Waals surface area contributed by atoms with E-state index in [1.54, 1.807) is 23.2 Å². The highest BCUT2D eigenvalue weighted by Crippen LogP contribution is 2.23. The van der Waals surface area contributed by atoms with Crippen LogP contribution in [0.2, 0.25) is 0 Å². The Kier molecular flexibility index (Phi) is 5.39. The van der Waals surface area contributed by atoms with Crippen molar-refractivity contribution in [3.63, 3.8) is 0 Å². The van der Waals surface area contributed by atoms with Crippen LogP contribution >= 0.6 is 15.9 Å². The molecule has 2 heterocycles. The van der Waals surface area contributed by atoms with Crippen LogP contribution in [0.5, 0.6) is 0 Å². The molecule has 7 nitrogen and oxygen atoms in total. The Hall–Kier alpha value is -1.97. The maximum atomic E-state index is 12.9. The van der Waals surface area contributed by atoms with Gasteiger partial charge in [0, 0.05) is 48.5 Å². The van der Waals surface area contributed by atoms with Gasteiger partial charge < -0.3 is 9.80 Å². The number of halogens is 1. The Labute approximate surface area is 172 Å². The molecule has 1 saturated carbocycles. The molecule has 1 aromatic carbocycles. The van der Waals surface area contributed by atoms with Crippen molar-refractivity contribution < 1.29 is 13.2 Å². The predicted octanol–water partition coefficient (Wildman–Crippen LogP) is 2.25. The number of anilines is 1. The van der Waals surface area contributed by atoms with Crippen LogP contribution in [-0.2, 0) is 10.0 Å². The van der Waals surface area contributed by atoms with Crippen LogP contribution in [0.1, 0.15) is 23.2 Å². The summed E-state index contributed by atoms with van der Waals surface area (Å²) in [6.45, 7) is 2.49. The SMILES string of the molecule is O=C(c1cccc(S(=O)(=O)NC2CC2)c1)N1CCN(c2ccc(Br)cn2)CC1. The lowest BCUT2D eigenvalue weighted by Gasteiger charge is -2.35. The van der Waals surface area contributed by atoms with E-state index in [0.717, 1.165) is 23.1 Å². The van der Waals surface area contributed by atoms with E-state index in [-0.39, 0.29) is 16.8 Å². The van der Waals surface area contributed by atoms with Gasteiger partial charge in [0.25, 0.3) is 5.91 Å². The molecule has 1 saturated heterocycles. The molecule has 28 heavy (non-hydrogen) atoms. The van der Waals surface area contributed by atoms with Crippen LogP contribution in [0.4, 0.5) is 5.82 Å². The Balaban J connectivity index is 1.42. The van der Waals surface area contributed by atoms with E-state index < -0.39 is 10.0 Å². The minimum atomic E-state index is -3.57. The third-order valence-corrected chi connectivity index (χ3v) is 6.88. The van der Waals surface area contributed by atoms with Gasteiger partial charge in [0.1, 0.15) is 5.82 Å². The lowest BCUT2D eigenvalue weighted by Crippen LogP contribution is -2.49. The molecule has 1 aliphatic heterocycles. The maximum absolute atomic E-state index is 12.9. The fraction of sp³-hybridized carbons (Fsp3) is 0.368. The summed E-state index contributed by atoms with van der Waals surface area (Å²) in [4.78, 5) is 21.3. The first-order valence-electron chi connectivity index (χ1n) is 9.20. The fourth-order valence-corrected chi connectivity index (χ4v) is 4.75. The molecule has 1 aliphatic carbocycles. The predicted molar refractivity (Wildman–Crippen MR) is 110 cm³/mol. The van der Waals surface area contributed by atoms with Crippen molar-refractivity contribution in [2.45, 2.75) is 23.8 Å². The lowest BCUT2D eigenvalue weighted by atomic mass is 10.2. The Morgan fingerprint density at radius 1 is 1.11 bits per heavy atom. The van der Waals surface area contributed by atoms with E-state index in [2.05, 4.69) is 30.5 Å². The van der Waals surface area contributed by atoms with E-state index in [9.17, 15) is 13.2 Å². The molecule has 1 N–H and O–H groups in total. The summed E-state index contributed by atoms with van der Waals surface area (Å²) in [5.41, 5.74) is 0.397. The zero-order chi connectivity index (χ0) is 19.7. The Morgan fingerprint density at radius 2 is 1.86 bits per heavy atom. The normalized spacial score (nSPS) is 17.6. The number of nitrogens with zero attached hydrogens (tertiary/aromatic N) is 3. The number of amides is 1. The molecule has 1 amide bonds. The van der Waals surface area contributed by atoms with Crippen LogP contribution < -0.4 is 9.62 Å². The molecular weight excluding hydrogens is 444 g/mol. The first-order chi connectivity index (χ1) is 13.4. The van der Waals surface area contributed by atoms with E-state index in [1.807, 2.05) is 12.1 Å². The summed E-state index contributed by atoms with van der Waals surface area (Å²) < 4.78 is 28.4. The van der Waals surface area contributed by atoms with Gasteiger partial charge in [-0.3, -0.25) is 4.79 Å². The van der Waals surface area contributed by atoms with Crippen LogP contribution in [0.3, 0.4) is 0 Å². The van der Waals surface area contributed by atoms with Crippen molar-refractivity contribution in [3.8, 4) is 0 Å². The lowest BCUT2D eigenvalue weighted by molar-refractivity contribution is 0.0746. The smallest absolute Gasteiger partial charge is 0.254 e. The molecule has 1 aromatic heterocycles. The molecule has 0 spiro atoms. The second-order valence-electron chi connectivity index (χ2n) is 7.04. The molecule has 148 valence electrons. The number of carbonyl (C=O) groups excluding carboxylic acids is 1. The number of carbonyl (C=O) groups is 1. The van der Waals surface area contributed by atoms with Gasteiger partial charge in [0.2, 0.25) is 10.0 Å². The Bertz CT molecular complexity index is 969. The van der Waals surface area contributed by atoms with Crippen LogP contribution in [0, 0.1) is 0 Å². The number of piperazine rings is 1. The number of benzene rings is 1. The number of nitrogens with one attached hydrogen (secondary N) is 1. The van der Waals surface area contributed by atoms with Gasteiger partial charge in [-0.25, -0.2) is 18.1 Å². The molecular formula is C19H21BrN4O3S. The second kappa shape index (κ2) is 7.81. The molecule has 2 aromatic rings. The van der Waals surface area contributed by atoms with Crippen molar-refractivity contribution in [2.75, 3.05) is 31.1 Å². The van der Waals surface area contributed by atoms with Crippen LogP contribution in [0.25, 0.3) is 0 Å². The van der Waals surface area contributed by atoms with Gasteiger partial charge in [-0.05, 0) is 59.1 Å². The summed E-state index contributed by atoms with van der Waals surface area (Å²) >= 11 is 3.38. The molecule has 0 unspecified atom stereocenters. The average molecular weight is 465 g/mol. The monoisotopic (exact) mass is 464 g/mol. The largest absolute Gasteiger partial charge is 0.353 e. The van der Waals surface area contributed by atoms with Crippen LogP contribution in [0.15, 0.2) is 52.0 Å². The van der Waals surface area contributed by atoms with Crippen molar-refractivity contribution in [1.29, 1.82) is 0 Å². The van der Waals surface area contributed by atoms with Crippen LogP contribution in [-0.4, -0.2) is 56.4 Å². The highest BCUT2D eigenvalue weighted by molar-refractivity contribution is 9.10. The summed E-state index contributed by atoms with van der Waals surface area (Å²) in [7, 11) is -3.57. The molecule has 4 rings (SSSR count). The number of hydrogen-bond donors (Lipinski definition) is 1. The number of hydrogen-bond acceptors (Lipinski definition) is 5. The van der Waals surface area contributed by atoms with E-state index >= 15 is 0 Å². The zero-order valence-electron chi connectivity index (χ0n) is 15.2. The molecule has 0 bridgehead atoms. The van der Waals surface area contributed by atoms with Crippen molar-refractivity contribution in [2.24, 2.45) is 0 Å². The van der Waals surface area contributed by atoms with Crippen molar-refractivity contribution >= 4 is 37.7 Å². The second-order valence-corrected chi connectivity index (χ2v) is 9.67. The van der Waals surface area contributed by atoms with E-state index in [4.69, 9.17) is 0 Å². The molecule has 0 atom stereocenters. The number of rotatable bonds is 5. The molecule has 2 fully saturated rings. The summed E-state index contributed by atoms with van der Waals surface area (Å²) in [6.07, 6.45) is 3.50. The van der Waals surface area contributed by atoms with Crippen molar-refractivity contribution in [1.82, 2.24) is 14.6 Å². The maximum Gasteiger partial charge on any atom is 0.254 e. The molecule has 2 aliphatic rings. The topological polar surface area (TPSA) is 82.6 Å². The van der Waals surface area contributed by atoms with Gasteiger partial charge in [-0.2, -0.15) is 0 Å². The van der Waals surface area contributed by atoms with Gasteiger partial charge in [0.05, 0.1) is 4.90 Å². The van der Waals surface area contributed by atoms with E-state index in [0.29, 0.717) is 31.7 Å². The number of sulfonamides is 1. The highest BCUT2D eigenvalue weighted by Gasteiger charge is 2.29. The van der Waals surface area contributed by atoms with Gasteiger partial charge >= 0.3 is 0 Å². The average Bonchev–Trinajstić information content (AvgIpc) is 3.52. The Morgan fingerprint density at radius 3 is 2.50 bits per heavy atom.